The minimum Gasteiger partial charge on any atom is -0.242 e. The fourth-order valence-electron chi connectivity index (χ4n) is 0.953. The van der Waals surface area contributed by atoms with Crippen molar-refractivity contribution < 1.29 is 21.5 Å². The van der Waals surface area contributed by atoms with Crippen LogP contribution in [0.4, 0.5) is 5.82 Å². The van der Waals surface area contributed by atoms with Crippen LogP contribution < -0.4 is 3.71 Å². The topological polar surface area (TPSA) is 110 Å². The summed E-state index contributed by atoms with van der Waals surface area (Å²) in [4.78, 5) is 0. The molecule has 0 bridgehead atoms. The molecule has 0 spiro atoms. The van der Waals surface area contributed by atoms with Gasteiger partial charge in [0.2, 0.25) is 25.9 Å². The smallest absolute Gasteiger partial charge is 0.242 e. The lowest BCUT2D eigenvalue weighted by molar-refractivity contribution is 0.306. The predicted octanol–water partition coefficient (Wildman–Crippen LogP) is -0.896. The van der Waals surface area contributed by atoms with Gasteiger partial charge < -0.3 is 0 Å². The molecule has 1 aromatic rings. The van der Waals surface area contributed by atoms with Crippen LogP contribution in [0.25, 0.3) is 0 Å². The second-order valence-electron chi connectivity index (χ2n) is 2.90. The molecule has 1 rings (SSSR count). The lowest BCUT2D eigenvalue weighted by atomic mass is 10.5. The van der Waals surface area contributed by atoms with Gasteiger partial charge in [-0.2, -0.15) is 0 Å². The molecule has 1 aromatic heterocycles. The van der Waals surface area contributed by atoms with Crippen LogP contribution >= 0.6 is 0 Å². The Labute approximate surface area is 86.9 Å². The van der Waals surface area contributed by atoms with E-state index < -0.39 is 20.0 Å². The summed E-state index contributed by atoms with van der Waals surface area (Å²) in [7, 11) is -7.97. The number of sulfonamides is 2. The molecule has 0 atom stereocenters. The average molecular weight is 255 g/mol. The van der Waals surface area contributed by atoms with Gasteiger partial charge in [-0.3, -0.25) is 0 Å². The van der Waals surface area contributed by atoms with E-state index in [0.717, 1.165) is 12.5 Å². The van der Waals surface area contributed by atoms with Gasteiger partial charge in [-0.1, -0.05) is 5.16 Å². The van der Waals surface area contributed by atoms with Crippen LogP contribution in [-0.4, -0.2) is 39.7 Å². The summed E-state index contributed by atoms with van der Waals surface area (Å²) >= 11 is 0. The molecule has 0 aliphatic heterocycles. The molecule has 0 unspecified atom stereocenters. The van der Waals surface area contributed by atoms with E-state index in [1.807, 2.05) is 0 Å². The van der Waals surface area contributed by atoms with Gasteiger partial charge in [-0.15, -0.1) is 3.71 Å². The maximum atomic E-state index is 11.3. The van der Waals surface area contributed by atoms with Crippen molar-refractivity contribution in [3.05, 3.63) is 5.69 Å². The van der Waals surface area contributed by atoms with E-state index in [-0.39, 0.29) is 15.2 Å². The van der Waals surface area contributed by atoms with Crippen molar-refractivity contribution in [3.63, 3.8) is 0 Å². The number of aromatic nitrogens is 2. The van der Waals surface area contributed by atoms with Crippen molar-refractivity contribution in [3.8, 4) is 0 Å². The molecular weight excluding hydrogens is 246 g/mol. The van der Waals surface area contributed by atoms with Crippen molar-refractivity contribution in [2.75, 3.05) is 16.2 Å². The summed E-state index contributed by atoms with van der Waals surface area (Å²) in [5.74, 6) is -0.347. The first-order chi connectivity index (χ1) is 6.64. The molecule has 8 nitrogen and oxygen atoms in total. The Hall–Kier alpha value is -1.16. The number of rotatable bonds is 3. The molecule has 0 saturated heterocycles. The molecule has 86 valence electrons. The van der Waals surface area contributed by atoms with Crippen molar-refractivity contribution >= 4 is 25.9 Å². The van der Waals surface area contributed by atoms with Crippen LogP contribution in [0, 0.1) is 6.92 Å². The summed E-state index contributed by atoms with van der Waals surface area (Å²) in [6.07, 6.45) is 1.50. The Bertz CT molecular complexity index is 525. The molecule has 0 saturated carbocycles. The van der Waals surface area contributed by atoms with Gasteiger partial charge in [0.25, 0.3) is 0 Å². The fourth-order valence-corrected chi connectivity index (χ4v) is 3.88. The monoisotopic (exact) mass is 255 g/mol. The summed E-state index contributed by atoms with van der Waals surface area (Å²) in [6, 6.07) is 0. The molecule has 0 aliphatic rings. The summed E-state index contributed by atoms with van der Waals surface area (Å²) < 4.78 is 49.5. The van der Waals surface area contributed by atoms with E-state index >= 15 is 0 Å². The molecule has 0 radical (unpaired) electrons. The van der Waals surface area contributed by atoms with E-state index in [1.165, 1.54) is 6.92 Å². The zero-order chi connectivity index (χ0) is 11.9. The standard InChI is InChI=1S/C5H9N3O5S2/c1-4-5(7-13-6-4)8(14(2,9)10)15(3,11)12/h1-3H3. The van der Waals surface area contributed by atoms with Gasteiger partial charge in [-0.05, 0) is 12.1 Å². The number of nitrogens with zero attached hydrogens (tertiary/aromatic N) is 3. The first-order valence-electron chi connectivity index (χ1n) is 3.63. The SMILES string of the molecule is Cc1nonc1N(S(C)(=O)=O)S(C)(=O)=O. The third-order valence-electron chi connectivity index (χ3n) is 1.40. The van der Waals surface area contributed by atoms with Gasteiger partial charge in [-0.25, -0.2) is 21.5 Å². The van der Waals surface area contributed by atoms with E-state index in [4.69, 9.17) is 0 Å². The molecule has 1 heterocycles. The summed E-state index contributed by atoms with van der Waals surface area (Å²) in [6.45, 7) is 1.38. The first kappa shape index (κ1) is 11.9. The molecule has 0 aromatic carbocycles. The average Bonchev–Trinajstić information content (AvgIpc) is 2.30. The van der Waals surface area contributed by atoms with Crippen LogP contribution in [0.2, 0.25) is 0 Å². The minimum absolute atomic E-state index is 0.0749. The molecule has 0 fully saturated rings. The highest BCUT2D eigenvalue weighted by Crippen LogP contribution is 2.20. The third-order valence-corrected chi connectivity index (χ3v) is 4.58. The molecule has 0 N–H and O–H groups in total. The summed E-state index contributed by atoms with van der Waals surface area (Å²) in [5.41, 5.74) is 0.0749. The van der Waals surface area contributed by atoms with Crippen molar-refractivity contribution in [1.29, 1.82) is 0 Å². The zero-order valence-corrected chi connectivity index (χ0v) is 9.83. The van der Waals surface area contributed by atoms with E-state index in [2.05, 4.69) is 14.9 Å². The second-order valence-corrected chi connectivity index (χ2v) is 6.79. The Kier molecular flexibility index (Phi) is 2.74. The van der Waals surface area contributed by atoms with Crippen molar-refractivity contribution in [1.82, 2.24) is 10.3 Å². The number of aryl methyl sites for hydroxylation is 1. The molecule has 0 aliphatic carbocycles. The van der Waals surface area contributed by atoms with Crippen LogP contribution in [0.1, 0.15) is 5.69 Å². The number of hydrogen-bond donors (Lipinski definition) is 0. The van der Waals surface area contributed by atoms with Crippen molar-refractivity contribution in [2.24, 2.45) is 0 Å². The highest BCUT2D eigenvalue weighted by Gasteiger charge is 2.31. The van der Waals surface area contributed by atoms with Gasteiger partial charge in [0.05, 0.1) is 12.5 Å². The maximum Gasteiger partial charge on any atom is 0.246 e. The fraction of sp³-hybridized carbons (Fsp3) is 0.600. The first-order valence-corrected chi connectivity index (χ1v) is 7.33. The Morgan fingerprint density at radius 3 is 1.80 bits per heavy atom. The molecule has 15 heavy (non-hydrogen) atoms. The minimum atomic E-state index is -3.99. The van der Waals surface area contributed by atoms with Crippen LogP contribution in [0.5, 0.6) is 0 Å². The molecule has 10 heteroatoms. The third kappa shape index (κ3) is 2.45. The largest absolute Gasteiger partial charge is 0.246 e. The Morgan fingerprint density at radius 1 is 1.07 bits per heavy atom. The van der Waals surface area contributed by atoms with Gasteiger partial charge in [0.15, 0.2) is 0 Å². The van der Waals surface area contributed by atoms with Gasteiger partial charge in [0, 0.05) is 0 Å². The second kappa shape index (κ2) is 3.45. The van der Waals surface area contributed by atoms with Crippen molar-refractivity contribution in [2.45, 2.75) is 6.92 Å². The quantitative estimate of drug-likeness (QED) is 0.688. The van der Waals surface area contributed by atoms with E-state index in [9.17, 15) is 16.8 Å². The lowest BCUT2D eigenvalue weighted by Crippen LogP contribution is -2.35. The van der Waals surface area contributed by atoms with Gasteiger partial charge in [0.1, 0.15) is 5.69 Å². The Balaban J connectivity index is 3.47. The van der Waals surface area contributed by atoms with E-state index in [0.29, 0.717) is 0 Å². The number of hydrogen-bond acceptors (Lipinski definition) is 7. The van der Waals surface area contributed by atoms with Crippen LogP contribution in [0.3, 0.4) is 0 Å². The zero-order valence-electron chi connectivity index (χ0n) is 8.20. The number of anilines is 1. The maximum absolute atomic E-state index is 11.3. The Morgan fingerprint density at radius 2 is 1.53 bits per heavy atom. The van der Waals surface area contributed by atoms with Gasteiger partial charge >= 0.3 is 0 Å². The van der Waals surface area contributed by atoms with E-state index in [1.54, 1.807) is 0 Å². The highest BCUT2D eigenvalue weighted by molar-refractivity contribution is 8.09. The predicted molar refractivity (Wildman–Crippen MR) is 51.2 cm³/mol. The lowest BCUT2D eigenvalue weighted by Gasteiger charge is -2.15. The summed E-state index contributed by atoms with van der Waals surface area (Å²) in [5, 5.41) is 6.54. The highest BCUT2D eigenvalue weighted by atomic mass is 32.3. The molecule has 0 amide bonds. The van der Waals surface area contributed by atoms with Crippen LogP contribution in [0.15, 0.2) is 4.63 Å². The normalized spacial score (nSPS) is 12.7. The molecular formula is C5H9N3O5S2. The van der Waals surface area contributed by atoms with Crippen LogP contribution in [-0.2, 0) is 20.0 Å².